The fraction of sp³-hybridized carbons (Fsp3) is 0.846. The Hall–Kier alpha value is -1.30. The lowest BCUT2D eigenvalue weighted by molar-refractivity contribution is -0.151. The molecule has 0 spiro atoms. The van der Waals surface area contributed by atoms with Gasteiger partial charge in [0.25, 0.3) is 0 Å². The Kier molecular flexibility index (Phi) is 7.25. The van der Waals surface area contributed by atoms with Crippen LogP contribution in [-0.4, -0.2) is 38.5 Å². The number of carbonyl (C=O) groups excluding carboxylic acids is 2. The minimum absolute atomic E-state index is 0.0305. The fourth-order valence-corrected chi connectivity index (χ4v) is 2.18. The van der Waals surface area contributed by atoms with Gasteiger partial charge in [0.15, 0.2) is 0 Å². The molecule has 1 aliphatic rings. The largest absolute Gasteiger partial charge is 0.508 e. The topological polar surface area (TPSA) is 87.9 Å². The van der Waals surface area contributed by atoms with Gasteiger partial charge >= 0.3 is 12.1 Å². The summed E-state index contributed by atoms with van der Waals surface area (Å²) < 4.78 is 14.4. The molecule has 0 aromatic carbocycles. The predicted molar refractivity (Wildman–Crippen MR) is 68.4 cm³/mol. The van der Waals surface area contributed by atoms with Crippen molar-refractivity contribution in [1.82, 2.24) is 0 Å². The summed E-state index contributed by atoms with van der Waals surface area (Å²) in [6.07, 6.45) is 2.89. The maximum absolute atomic E-state index is 11.7. The molecule has 6 nitrogen and oxygen atoms in total. The van der Waals surface area contributed by atoms with Crippen LogP contribution in [-0.2, 0) is 19.0 Å². The van der Waals surface area contributed by atoms with Gasteiger partial charge in [-0.15, -0.1) is 0 Å². The van der Waals surface area contributed by atoms with Gasteiger partial charge in [0.2, 0.25) is 0 Å². The van der Waals surface area contributed by atoms with Crippen molar-refractivity contribution in [2.24, 2.45) is 17.6 Å². The molecule has 0 bridgehead atoms. The zero-order valence-electron chi connectivity index (χ0n) is 11.4. The van der Waals surface area contributed by atoms with Crippen LogP contribution in [0.15, 0.2) is 0 Å². The van der Waals surface area contributed by atoms with Crippen molar-refractivity contribution in [2.75, 3.05) is 26.4 Å². The van der Waals surface area contributed by atoms with Crippen LogP contribution in [0, 0.1) is 11.8 Å². The molecule has 0 aromatic heterocycles. The molecule has 0 atom stereocenters. The van der Waals surface area contributed by atoms with Crippen LogP contribution < -0.4 is 5.73 Å². The van der Waals surface area contributed by atoms with E-state index in [0.29, 0.717) is 12.5 Å². The molecule has 0 aliphatic heterocycles. The number of hydrogen-bond acceptors (Lipinski definition) is 6. The van der Waals surface area contributed by atoms with Crippen molar-refractivity contribution in [3.05, 3.63) is 0 Å². The standard InChI is InChI=1S/C13H23NO5/c1-2-17-13(16)19-8-7-18-12(15)11-5-3-10(9-14)4-6-11/h10-11H,2-9,14H2,1H3. The van der Waals surface area contributed by atoms with Crippen LogP contribution in [0.3, 0.4) is 0 Å². The van der Waals surface area contributed by atoms with E-state index in [1.165, 1.54) is 0 Å². The van der Waals surface area contributed by atoms with Crippen molar-refractivity contribution >= 4 is 12.1 Å². The van der Waals surface area contributed by atoms with Crippen molar-refractivity contribution in [3.8, 4) is 0 Å². The van der Waals surface area contributed by atoms with Gasteiger partial charge in [0.1, 0.15) is 13.2 Å². The molecule has 1 rings (SSSR count). The molecule has 0 amide bonds. The second-order valence-electron chi connectivity index (χ2n) is 4.65. The molecule has 0 heterocycles. The maximum Gasteiger partial charge on any atom is 0.508 e. The first-order valence-corrected chi connectivity index (χ1v) is 6.83. The number of esters is 1. The van der Waals surface area contributed by atoms with Crippen LogP contribution in [0.4, 0.5) is 4.79 Å². The second-order valence-corrected chi connectivity index (χ2v) is 4.65. The molecule has 0 aromatic rings. The first kappa shape index (κ1) is 15.8. The molecule has 0 saturated heterocycles. The number of ether oxygens (including phenoxy) is 3. The Morgan fingerprint density at radius 2 is 1.68 bits per heavy atom. The Morgan fingerprint density at radius 1 is 1.05 bits per heavy atom. The molecule has 0 radical (unpaired) electrons. The lowest BCUT2D eigenvalue weighted by Crippen LogP contribution is -2.27. The third-order valence-electron chi connectivity index (χ3n) is 3.32. The molecule has 6 heteroatoms. The maximum atomic E-state index is 11.7. The van der Waals surface area contributed by atoms with E-state index in [1.54, 1.807) is 6.92 Å². The lowest BCUT2D eigenvalue weighted by Gasteiger charge is -2.26. The van der Waals surface area contributed by atoms with E-state index in [1.807, 2.05) is 0 Å². The highest BCUT2D eigenvalue weighted by Gasteiger charge is 2.26. The van der Waals surface area contributed by atoms with E-state index in [2.05, 4.69) is 4.74 Å². The van der Waals surface area contributed by atoms with Crippen molar-refractivity contribution < 1.29 is 23.8 Å². The Balaban J connectivity index is 2.10. The highest BCUT2D eigenvalue weighted by Crippen LogP contribution is 2.28. The minimum Gasteiger partial charge on any atom is -0.462 e. The van der Waals surface area contributed by atoms with Crippen LogP contribution in [0.5, 0.6) is 0 Å². The van der Waals surface area contributed by atoms with E-state index in [9.17, 15) is 9.59 Å². The summed E-state index contributed by atoms with van der Waals surface area (Å²) in [5.74, 6) is 0.296. The molecule has 2 N–H and O–H groups in total. The zero-order valence-corrected chi connectivity index (χ0v) is 11.4. The van der Waals surface area contributed by atoms with Crippen LogP contribution in [0.2, 0.25) is 0 Å². The fourth-order valence-electron chi connectivity index (χ4n) is 2.18. The van der Waals surface area contributed by atoms with Crippen LogP contribution in [0.25, 0.3) is 0 Å². The minimum atomic E-state index is -0.734. The zero-order chi connectivity index (χ0) is 14.1. The summed E-state index contributed by atoms with van der Waals surface area (Å²) in [5.41, 5.74) is 5.60. The van der Waals surface area contributed by atoms with Crippen LogP contribution in [0.1, 0.15) is 32.6 Å². The normalized spacial score (nSPS) is 22.6. The summed E-state index contributed by atoms with van der Waals surface area (Å²) in [6, 6.07) is 0. The van der Waals surface area contributed by atoms with E-state index in [0.717, 1.165) is 25.7 Å². The van der Waals surface area contributed by atoms with Gasteiger partial charge in [-0.3, -0.25) is 4.79 Å². The predicted octanol–water partition coefficient (Wildman–Crippen LogP) is 1.47. The summed E-state index contributed by atoms with van der Waals surface area (Å²) >= 11 is 0. The Labute approximate surface area is 113 Å². The average Bonchev–Trinajstić information content (AvgIpc) is 2.44. The van der Waals surface area contributed by atoms with E-state index < -0.39 is 6.16 Å². The third kappa shape index (κ3) is 5.92. The van der Waals surface area contributed by atoms with Gasteiger partial charge in [0.05, 0.1) is 12.5 Å². The van der Waals surface area contributed by atoms with Crippen LogP contribution >= 0.6 is 0 Å². The molecular weight excluding hydrogens is 250 g/mol. The first-order chi connectivity index (χ1) is 9.17. The van der Waals surface area contributed by atoms with E-state index in [-0.39, 0.29) is 31.7 Å². The number of carbonyl (C=O) groups is 2. The molecule has 0 unspecified atom stereocenters. The Morgan fingerprint density at radius 3 is 2.26 bits per heavy atom. The summed E-state index contributed by atoms with van der Waals surface area (Å²) in [4.78, 5) is 22.6. The van der Waals surface area contributed by atoms with Gasteiger partial charge in [-0.1, -0.05) is 0 Å². The molecule has 1 fully saturated rings. The summed E-state index contributed by atoms with van der Waals surface area (Å²) in [7, 11) is 0. The molecule has 110 valence electrons. The first-order valence-electron chi connectivity index (χ1n) is 6.83. The second kappa shape index (κ2) is 8.74. The SMILES string of the molecule is CCOC(=O)OCCOC(=O)C1CCC(CN)CC1. The smallest absolute Gasteiger partial charge is 0.462 e. The molecular formula is C13H23NO5. The van der Waals surface area contributed by atoms with Gasteiger partial charge in [-0.25, -0.2) is 4.79 Å². The summed E-state index contributed by atoms with van der Waals surface area (Å²) in [6.45, 7) is 2.76. The highest BCUT2D eigenvalue weighted by atomic mass is 16.7. The van der Waals surface area contributed by atoms with Crippen molar-refractivity contribution in [3.63, 3.8) is 0 Å². The molecule has 1 aliphatic carbocycles. The highest BCUT2D eigenvalue weighted by molar-refractivity contribution is 5.72. The van der Waals surface area contributed by atoms with Gasteiger partial charge in [0, 0.05) is 0 Å². The van der Waals surface area contributed by atoms with Gasteiger partial charge in [-0.2, -0.15) is 0 Å². The third-order valence-corrected chi connectivity index (χ3v) is 3.32. The summed E-state index contributed by atoms with van der Waals surface area (Å²) in [5, 5.41) is 0. The molecule has 1 saturated carbocycles. The van der Waals surface area contributed by atoms with Crippen molar-refractivity contribution in [1.29, 1.82) is 0 Å². The average molecular weight is 273 g/mol. The molecule has 19 heavy (non-hydrogen) atoms. The van der Waals surface area contributed by atoms with E-state index >= 15 is 0 Å². The number of rotatable bonds is 6. The van der Waals surface area contributed by atoms with Gasteiger partial charge in [-0.05, 0) is 45.1 Å². The number of nitrogens with two attached hydrogens (primary N) is 1. The van der Waals surface area contributed by atoms with Crippen molar-refractivity contribution in [2.45, 2.75) is 32.6 Å². The lowest BCUT2D eigenvalue weighted by atomic mass is 9.82. The van der Waals surface area contributed by atoms with Gasteiger partial charge < -0.3 is 19.9 Å². The monoisotopic (exact) mass is 273 g/mol. The van der Waals surface area contributed by atoms with E-state index in [4.69, 9.17) is 15.2 Å². The quantitative estimate of drug-likeness (QED) is 0.582. The number of hydrogen-bond donors (Lipinski definition) is 1. The Bertz CT molecular complexity index is 287.